The summed E-state index contributed by atoms with van der Waals surface area (Å²) < 4.78 is 4.90. The Morgan fingerprint density at radius 3 is 3.06 bits per heavy atom. The van der Waals surface area contributed by atoms with Gasteiger partial charge in [-0.1, -0.05) is 6.42 Å². The van der Waals surface area contributed by atoms with Crippen LogP contribution in [0, 0.1) is 0 Å². The summed E-state index contributed by atoms with van der Waals surface area (Å²) in [6, 6.07) is 0.488. The number of methoxy groups -OCH3 is 1. The first kappa shape index (κ1) is 14.4. The molecule has 0 aromatic rings. The van der Waals surface area contributed by atoms with Crippen LogP contribution in [0.3, 0.4) is 0 Å². The van der Waals surface area contributed by atoms with Crippen LogP contribution < -0.4 is 11.1 Å². The van der Waals surface area contributed by atoms with E-state index in [9.17, 15) is 4.79 Å². The molecule has 1 amide bonds. The molecule has 100 valence electrons. The molecule has 1 unspecified atom stereocenters. The molecule has 3 N–H and O–H groups in total. The second-order valence-corrected chi connectivity index (χ2v) is 4.54. The monoisotopic (exact) mass is 243 g/mol. The maximum atomic E-state index is 11.7. The smallest absolute Gasteiger partial charge is 0.234 e. The molecule has 1 rings (SSSR count). The van der Waals surface area contributed by atoms with E-state index >= 15 is 0 Å². The summed E-state index contributed by atoms with van der Waals surface area (Å²) >= 11 is 0. The van der Waals surface area contributed by atoms with Crippen molar-refractivity contribution < 1.29 is 9.53 Å². The summed E-state index contributed by atoms with van der Waals surface area (Å²) in [6.45, 7) is 3.37. The van der Waals surface area contributed by atoms with E-state index in [0.717, 1.165) is 13.0 Å². The summed E-state index contributed by atoms with van der Waals surface area (Å²) in [5, 5.41) is 2.86. The van der Waals surface area contributed by atoms with Crippen molar-refractivity contribution in [3.63, 3.8) is 0 Å². The first-order chi connectivity index (χ1) is 8.27. The van der Waals surface area contributed by atoms with Crippen LogP contribution in [-0.2, 0) is 9.53 Å². The Balaban J connectivity index is 2.28. The third kappa shape index (κ3) is 5.48. The second-order valence-electron chi connectivity index (χ2n) is 4.54. The van der Waals surface area contributed by atoms with Crippen molar-refractivity contribution in [2.24, 2.45) is 5.73 Å². The number of hydrogen-bond donors (Lipinski definition) is 2. The van der Waals surface area contributed by atoms with Gasteiger partial charge in [0, 0.05) is 19.7 Å². The number of piperidine rings is 1. The van der Waals surface area contributed by atoms with Crippen LogP contribution in [0.25, 0.3) is 0 Å². The molecular formula is C12H25N3O2. The van der Waals surface area contributed by atoms with Gasteiger partial charge in [0.1, 0.15) is 0 Å². The van der Waals surface area contributed by atoms with E-state index < -0.39 is 0 Å². The van der Waals surface area contributed by atoms with Gasteiger partial charge >= 0.3 is 0 Å². The van der Waals surface area contributed by atoms with Crippen molar-refractivity contribution in [1.29, 1.82) is 0 Å². The van der Waals surface area contributed by atoms with Gasteiger partial charge in [-0.15, -0.1) is 0 Å². The number of carbonyl (C=O) groups is 1. The summed E-state index contributed by atoms with van der Waals surface area (Å²) in [5.74, 6) is 0.0889. The van der Waals surface area contributed by atoms with E-state index in [2.05, 4.69) is 10.2 Å². The second kappa shape index (κ2) is 8.44. The van der Waals surface area contributed by atoms with Crippen molar-refractivity contribution in [3.8, 4) is 0 Å². The molecule has 1 atom stereocenters. The van der Waals surface area contributed by atoms with Gasteiger partial charge in [0.25, 0.3) is 0 Å². The molecule has 0 spiro atoms. The summed E-state index contributed by atoms with van der Waals surface area (Å²) in [6.07, 6.45) is 4.60. The third-order valence-corrected chi connectivity index (χ3v) is 3.22. The van der Waals surface area contributed by atoms with Gasteiger partial charge in [0.05, 0.1) is 13.2 Å². The zero-order valence-corrected chi connectivity index (χ0v) is 10.8. The number of nitrogens with one attached hydrogen (secondary N) is 1. The molecule has 1 fully saturated rings. The maximum Gasteiger partial charge on any atom is 0.234 e. The minimum absolute atomic E-state index is 0.0889. The van der Waals surface area contributed by atoms with Crippen LogP contribution >= 0.6 is 0 Å². The van der Waals surface area contributed by atoms with Gasteiger partial charge in [-0.2, -0.15) is 0 Å². The molecule has 0 saturated carbocycles. The topological polar surface area (TPSA) is 67.6 Å². The first-order valence-electron chi connectivity index (χ1n) is 6.47. The maximum absolute atomic E-state index is 11.7. The Hall–Kier alpha value is -0.650. The number of amides is 1. The number of nitrogens with zero attached hydrogens (tertiary/aromatic N) is 1. The zero-order valence-electron chi connectivity index (χ0n) is 10.8. The first-order valence-corrected chi connectivity index (χ1v) is 6.47. The minimum atomic E-state index is 0.0889. The molecular weight excluding hydrogens is 218 g/mol. The number of nitrogens with two attached hydrogens (primary N) is 1. The van der Waals surface area contributed by atoms with Crippen LogP contribution in [0.1, 0.15) is 25.7 Å². The summed E-state index contributed by atoms with van der Waals surface area (Å²) in [5.41, 5.74) is 5.61. The van der Waals surface area contributed by atoms with E-state index in [1.807, 2.05) is 0 Å². The molecule has 5 nitrogen and oxygen atoms in total. The van der Waals surface area contributed by atoms with Gasteiger partial charge < -0.3 is 15.8 Å². The largest absolute Gasteiger partial charge is 0.383 e. The summed E-state index contributed by atoms with van der Waals surface area (Å²) in [7, 11) is 1.63. The van der Waals surface area contributed by atoms with Crippen molar-refractivity contribution in [2.45, 2.75) is 31.7 Å². The van der Waals surface area contributed by atoms with E-state index in [1.54, 1.807) is 7.11 Å². The predicted molar refractivity (Wildman–Crippen MR) is 67.8 cm³/mol. The van der Waals surface area contributed by atoms with Crippen LogP contribution in [0.15, 0.2) is 0 Å². The highest BCUT2D eigenvalue weighted by molar-refractivity contribution is 5.78. The van der Waals surface area contributed by atoms with Crippen LogP contribution in [0.5, 0.6) is 0 Å². The van der Waals surface area contributed by atoms with Gasteiger partial charge in [0.15, 0.2) is 0 Å². The average molecular weight is 243 g/mol. The van der Waals surface area contributed by atoms with E-state index in [-0.39, 0.29) is 5.91 Å². The molecule has 0 bridgehead atoms. The SMILES string of the molecule is COCCNC(=O)CN1CCCCC1CCN. The quantitative estimate of drug-likeness (QED) is 0.615. The number of ether oxygens (including phenoxy) is 1. The summed E-state index contributed by atoms with van der Waals surface area (Å²) in [4.78, 5) is 14.0. The van der Waals surface area contributed by atoms with E-state index in [1.165, 1.54) is 19.3 Å². The van der Waals surface area contributed by atoms with Gasteiger partial charge in [-0.25, -0.2) is 0 Å². The number of likely N-dealkylation sites (tertiary alicyclic amines) is 1. The van der Waals surface area contributed by atoms with Crippen molar-refractivity contribution in [2.75, 3.05) is 39.9 Å². The molecule has 17 heavy (non-hydrogen) atoms. The Kier molecular flexibility index (Phi) is 7.16. The van der Waals surface area contributed by atoms with Gasteiger partial charge in [-0.05, 0) is 32.4 Å². The van der Waals surface area contributed by atoms with Gasteiger partial charge in [0.2, 0.25) is 5.91 Å². The Morgan fingerprint density at radius 2 is 2.35 bits per heavy atom. The van der Waals surface area contributed by atoms with E-state index in [4.69, 9.17) is 10.5 Å². The van der Waals surface area contributed by atoms with Crippen LogP contribution in [0.4, 0.5) is 0 Å². The molecule has 0 aromatic heterocycles. The van der Waals surface area contributed by atoms with Crippen LogP contribution in [0.2, 0.25) is 0 Å². The molecule has 1 heterocycles. The fraction of sp³-hybridized carbons (Fsp3) is 0.917. The lowest BCUT2D eigenvalue weighted by Crippen LogP contribution is -2.46. The lowest BCUT2D eigenvalue weighted by atomic mass is 9.99. The Bertz CT molecular complexity index is 222. The highest BCUT2D eigenvalue weighted by Crippen LogP contribution is 2.18. The molecule has 5 heteroatoms. The molecule has 1 aliphatic rings. The Labute approximate surface area is 104 Å². The predicted octanol–water partition coefficient (Wildman–Crippen LogP) is -0.0477. The lowest BCUT2D eigenvalue weighted by molar-refractivity contribution is -0.123. The fourth-order valence-electron chi connectivity index (χ4n) is 2.32. The lowest BCUT2D eigenvalue weighted by Gasteiger charge is -2.35. The molecule has 0 aromatic carbocycles. The average Bonchev–Trinajstić information content (AvgIpc) is 2.32. The zero-order chi connectivity index (χ0) is 12.5. The van der Waals surface area contributed by atoms with Crippen molar-refractivity contribution >= 4 is 5.91 Å². The number of carbonyl (C=O) groups excluding carboxylic acids is 1. The van der Waals surface area contributed by atoms with Crippen molar-refractivity contribution in [1.82, 2.24) is 10.2 Å². The van der Waals surface area contributed by atoms with Crippen LogP contribution in [-0.4, -0.2) is 56.7 Å². The minimum Gasteiger partial charge on any atom is -0.383 e. The fourth-order valence-corrected chi connectivity index (χ4v) is 2.32. The normalized spacial score (nSPS) is 21.4. The molecule has 0 radical (unpaired) electrons. The van der Waals surface area contributed by atoms with E-state index in [0.29, 0.717) is 32.3 Å². The molecule has 0 aliphatic carbocycles. The van der Waals surface area contributed by atoms with Crippen molar-refractivity contribution in [3.05, 3.63) is 0 Å². The molecule has 1 saturated heterocycles. The Morgan fingerprint density at radius 1 is 1.53 bits per heavy atom. The molecule has 1 aliphatic heterocycles. The highest BCUT2D eigenvalue weighted by atomic mass is 16.5. The third-order valence-electron chi connectivity index (χ3n) is 3.22. The highest BCUT2D eigenvalue weighted by Gasteiger charge is 2.23. The van der Waals surface area contributed by atoms with Gasteiger partial charge in [-0.3, -0.25) is 9.69 Å². The number of rotatable bonds is 7. The number of hydrogen-bond acceptors (Lipinski definition) is 4. The standard InChI is InChI=1S/C12H25N3O2/c1-17-9-7-14-12(16)10-15-8-3-2-4-11(15)5-6-13/h11H,2-10,13H2,1H3,(H,14,16).